The van der Waals surface area contributed by atoms with Gasteiger partial charge in [-0.15, -0.1) is 0 Å². The summed E-state index contributed by atoms with van der Waals surface area (Å²) in [5, 5.41) is 20.6. The second-order valence-corrected chi connectivity index (χ2v) is 6.58. The largest absolute Gasteiger partial charge is 0.396 e. The van der Waals surface area contributed by atoms with Crippen molar-refractivity contribution in [3.8, 4) is 6.07 Å². The predicted molar refractivity (Wildman–Crippen MR) is 98.3 cm³/mol. The molecule has 1 saturated heterocycles. The molecule has 1 aromatic rings. The number of nitrogens with zero attached hydrogens (tertiary/aromatic N) is 3. The number of likely N-dealkylation sites (N-methyl/N-ethyl adjacent to an activating group) is 1. The molecule has 7 heteroatoms. The van der Waals surface area contributed by atoms with Gasteiger partial charge >= 0.3 is 0 Å². The Kier molecular flexibility index (Phi) is 7.57. The van der Waals surface area contributed by atoms with Crippen LogP contribution < -0.4 is 5.32 Å². The second-order valence-electron chi connectivity index (χ2n) is 6.58. The van der Waals surface area contributed by atoms with E-state index in [1.807, 2.05) is 13.1 Å². The molecule has 1 fully saturated rings. The van der Waals surface area contributed by atoms with E-state index in [1.54, 1.807) is 29.2 Å². The lowest BCUT2D eigenvalue weighted by atomic mass is 9.98. The van der Waals surface area contributed by atoms with Crippen LogP contribution in [0.25, 0.3) is 0 Å². The normalized spacial score (nSPS) is 16.0. The average molecular weight is 358 g/mol. The number of benzene rings is 1. The van der Waals surface area contributed by atoms with Crippen molar-refractivity contribution >= 4 is 17.5 Å². The van der Waals surface area contributed by atoms with Crippen LogP contribution in [-0.2, 0) is 9.59 Å². The zero-order valence-corrected chi connectivity index (χ0v) is 15.1. The molecule has 140 valence electrons. The number of piperazine rings is 1. The Morgan fingerprint density at radius 2 is 1.85 bits per heavy atom. The molecule has 26 heavy (non-hydrogen) atoms. The van der Waals surface area contributed by atoms with Gasteiger partial charge in [0.05, 0.1) is 11.6 Å². The number of aliphatic hydroxyl groups is 1. The van der Waals surface area contributed by atoms with E-state index in [0.717, 1.165) is 13.1 Å². The van der Waals surface area contributed by atoms with Crippen molar-refractivity contribution in [1.82, 2.24) is 9.80 Å². The number of carbonyl (C=O) groups excluding carboxylic acids is 2. The minimum atomic E-state index is -0.763. The molecule has 1 aromatic carbocycles. The van der Waals surface area contributed by atoms with Crippen molar-refractivity contribution < 1.29 is 14.7 Å². The molecule has 0 unspecified atom stereocenters. The lowest BCUT2D eigenvalue weighted by Gasteiger charge is -2.34. The maximum absolute atomic E-state index is 12.9. The number of nitrogens with one attached hydrogen (secondary N) is 1. The predicted octanol–water partition coefficient (Wildman–Crippen LogP) is 1.05. The quantitative estimate of drug-likeness (QED) is 0.561. The molecule has 1 aliphatic heterocycles. The van der Waals surface area contributed by atoms with Crippen LogP contribution in [0.15, 0.2) is 24.3 Å². The Morgan fingerprint density at radius 1 is 1.19 bits per heavy atom. The van der Waals surface area contributed by atoms with E-state index in [9.17, 15) is 9.59 Å². The molecular formula is C19H26N4O3. The molecule has 0 aromatic heterocycles. The molecule has 0 radical (unpaired) electrons. The fourth-order valence-corrected chi connectivity index (χ4v) is 2.93. The molecule has 0 saturated carbocycles. The lowest BCUT2D eigenvalue weighted by Crippen LogP contribution is -2.50. The molecule has 7 nitrogen and oxygen atoms in total. The number of aliphatic hydroxyl groups excluding tert-OH is 1. The van der Waals surface area contributed by atoms with Gasteiger partial charge in [0.15, 0.2) is 0 Å². The maximum atomic E-state index is 12.9. The molecule has 2 rings (SSSR count). The minimum absolute atomic E-state index is 0.0483. The summed E-state index contributed by atoms with van der Waals surface area (Å²) < 4.78 is 0. The molecule has 1 aliphatic rings. The number of anilines is 1. The Labute approximate surface area is 154 Å². The summed E-state index contributed by atoms with van der Waals surface area (Å²) in [5.41, 5.74) is 1.07. The first-order valence-corrected chi connectivity index (χ1v) is 8.94. The van der Waals surface area contributed by atoms with Crippen LogP contribution >= 0.6 is 0 Å². The van der Waals surface area contributed by atoms with E-state index in [1.165, 1.54) is 0 Å². The van der Waals surface area contributed by atoms with Gasteiger partial charge in [-0.3, -0.25) is 9.59 Å². The van der Waals surface area contributed by atoms with Crippen molar-refractivity contribution in [2.24, 2.45) is 5.92 Å². The Bertz CT molecular complexity index is 646. The number of carbonyl (C=O) groups is 2. The molecule has 2 amide bonds. The fourth-order valence-electron chi connectivity index (χ4n) is 2.93. The number of hydrogen-bond donors (Lipinski definition) is 2. The van der Waals surface area contributed by atoms with Gasteiger partial charge in [-0.25, -0.2) is 0 Å². The van der Waals surface area contributed by atoms with E-state index in [-0.39, 0.29) is 18.4 Å². The Hall–Kier alpha value is -2.43. The summed E-state index contributed by atoms with van der Waals surface area (Å²) >= 11 is 0. The van der Waals surface area contributed by atoms with E-state index < -0.39 is 5.92 Å². The van der Waals surface area contributed by atoms with Crippen molar-refractivity contribution in [1.29, 1.82) is 5.26 Å². The summed E-state index contributed by atoms with van der Waals surface area (Å²) in [5.74, 6) is -1.25. The summed E-state index contributed by atoms with van der Waals surface area (Å²) in [6, 6.07) is 8.58. The lowest BCUT2D eigenvalue weighted by molar-refractivity contribution is -0.142. The van der Waals surface area contributed by atoms with E-state index in [2.05, 4.69) is 10.2 Å². The van der Waals surface area contributed by atoms with Gasteiger partial charge in [0.2, 0.25) is 11.8 Å². The third-order valence-electron chi connectivity index (χ3n) is 4.61. The monoisotopic (exact) mass is 358 g/mol. The molecule has 1 atom stereocenters. The highest BCUT2D eigenvalue weighted by molar-refractivity contribution is 6.06. The highest BCUT2D eigenvalue weighted by Gasteiger charge is 2.31. The van der Waals surface area contributed by atoms with Crippen LogP contribution in [0.5, 0.6) is 0 Å². The zero-order chi connectivity index (χ0) is 18.9. The highest BCUT2D eigenvalue weighted by atomic mass is 16.3. The molecule has 1 heterocycles. The number of hydrogen-bond acceptors (Lipinski definition) is 5. The Balaban J connectivity index is 2.05. The van der Waals surface area contributed by atoms with Crippen LogP contribution in [0.2, 0.25) is 0 Å². The molecule has 0 spiro atoms. The first-order valence-electron chi connectivity index (χ1n) is 8.94. The number of amides is 2. The maximum Gasteiger partial charge on any atom is 0.236 e. The van der Waals surface area contributed by atoms with E-state index >= 15 is 0 Å². The highest BCUT2D eigenvalue weighted by Crippen LogP contribution is 2.18. The van der Waals surface area contributed by atoms with E-state index in [4.69, 9.17) is 10.4 Å². The first-order chi connectivity index (χ1) is 12.5. The van der Waals surface area contributed by atoms with Gasteiger partial charge in [0.25, 0.3) is 0 Å². The van der Waals surface area contributed by atoms with Crippen LogP contribution in [0.4, 0.5) is 5.69 Å². The van der Waals surface area contributed by atoms with Crippen LogP contribution in [0.1, 0.15) is 24.8 Å². The Morgan fingerprint density at radius 3 is 2.42 bits per heavy atom. The number of unbranched alkanes of at least 4 members (excludes halogenated alkanes) is 1. The van der Waals surface area contributed by atoms with Gasteiger partial charge in [-0.1, -0.05) is 0 Å². The molecule has 2 N–H and O–H groups in total. The first kappa shape index (κ1) is 19.9. The standard InChI is InChI=1S/C19H26N4O3/c1-22-9-11-23(12-10-22)19(26)17(4-2-3-13-24)18(25)21-16-7-5-15(14-20)6-8-16/h5-8,17,24H,2-4,9-13H2,1H3,(H,21,25)/t17-/m0/s1. The van der Waals surface area contributed by atoms with Gasteiger partial charge in [0, 0.05) is 38.5 Å². The van der Waals surface area contributed by atoms with Gasteiger partial charge in [0.1, 0.15) is 5.92 Å². The number of nitriles is 1. The van der Waals surface area contributed by atoms with Gasteiger partial charge < -0.3 is 20.2 Å². The minimum Gasteiger partial charge on any atom is -0.396 e. The summed E-state index contributed by atoms with van der Waals surface area (Å²) in [6.45, 7) is 2.89. The third-order valence-corrected chi connectivity index (χ3v) is 4.61. The van der Waals surface area contributed by atoms with Crippen molar-refractivity contribution in [3.63, 3.8) is 0 Å². The van der Waals surface area contributed by atoms with E-state index in [0.29, 0.717) is 43.6 Å². The fraction of sp³-hybridized carbons (Fsp3) is 0.526. The SMILES string of the molecule is CN1CCN(C(=O)[C@@H](CCCCO)C(=O)Nc2ccc(C#N)cc2)CC1. The topological polar surface area (TPSA) is 96.7 Å². The third kappa shape index (κ3) is 5.55. The van der Waals surface area contributed by atoms with Crippen LogP contribution in [0.3, 0.4) is 0 Å². The molecular weight excluding hydrogens is 332 g/mol. The zero-order valence-electron chi connectivity index (χ0n) is 15.1. The summed E-state index contributed by atoms with van der Waals surface area (Å²) in [6.07, 6.45) is 1.59. The smallest absolute Gasteiger partial charge is 0.236 e. The number of rotatable bonds is 7. The van der Waals surface area contributed by atoms with Crippen molar-refractivity contribution in [2.75, 3.05) is 45.2 Å². The van der Waals surface area contributed by atoms with Crippen molar-refractivity contribution in [2.45, 2.75) is 19.3 Å². The van der Waals surface area contributed by atoms with Gasteiger partial charge in [-0.05, 0) is 50.6 Å². The van der Waals surface area contributed by atoms with Crippen LogP contribution in [-0.4, -0.2) is 66.6 Å². The van der Waals surface area contributed by atoms with Crippen molar-refractivity contribution in [3.05, 3.63) is 29.8 Å². The van der Waals surface area contributed by atoms with Crippen LogP contribution in [0, 0.1) is 17.2 Å². The average Bonchev–Trinajstić information content (AvgIpc) is 2.66. The van der Waals surface area contributed by atoms with Gasteiger partial charge in [-0.2, -0.15) is 5.26 Å². The molecule has 0 bridgehead atoms. The molecule has 0 aliphatic carbocycles. The summed E-state index contributed by atoms with van der Waals surface area (Å²) in [7, 11) is 2.01. The second kappa shape index (κ2) is 9.90. The summed E-state index contributed by atoms with van der Waals surface area (Å²) in [4.78, 5) is 29.5.